The average Bonchev–Trinajstić information content (AvgIpc) is 2.71. The number of methoxy groups -OCH3 is 2. The van der Waals surface area contributed by atoms with Crippen molar-refractivity contribution in [2.24, 2.45) is 0 Å². The lowest BCUT2D eigenvalue weighted by Crippen LogP contribution is -2.34. The molecule has 0 aliphatic carbocycles. The molecule has 146 valence electrons. The topological polar surface area (TPSA) is 67.9 Å². The molecule has 0 bridgehead atoms. The Labute approximate surface area is 162 Å². The van der Waals surface area contributed by atoms with Crippen molar-refractivity contribution in [2.45, 2.75) is 13.5 Å². The number of amides is 2. The van der Waals surface area contributed by atoms with E-state index >= 15 is 0 Å². The molecule has 28 heavy (non-hydrogen) atoms. The first-order chi connectivity index (χ1) is 13.5. The number of ether oxygens (including phenoxy) is 2. The first-order valence-electron chi connectivity index (χ1n) is 8.79. The summed E-state index contributed by atoms with van der Waals surface area (Å²) in [6.45, 7) is 3.22. The van der Waals surface area contributed by atoms with Crippen molar-refractivity contribution in [1.82, 2.24) is 10.2 Å². The van der Waals surface area contributed by atoms with Gasteiger partial charge in [0.05, 0.1) is 25.4 Å². The van der Waals surface area contributed by atoms with Gasteiger partial charge in [-0.3, -0.25) is 14.9 Å². The molecule has 1 aliphatic rings. The van der Waals surface area contributed by atoms with E-state index in [1.54, 1.807) is 19.4 Å². The van der Waals surface area contributed by atoms with Gasteiger partial charge in [0, 0.05) is 19.3 Å². The van der Waals surface area contributed by atoms with Crippen LogP contribution in [0.5, 0.6) is 11.5 Å². The summed E-state index contributed by atoms with van der Waals surface area (Å²) in [5, 5.41) is 2.27. The SMILES string of the molecule is CCN1C=C(C(=O)NC(=O)c2ccccc2F)c2cc(OC)c(OC)cc2C1. The number of nitrogens with one attached hydrogen (secondary N) is 1. The van der Waals surface area contributed by atoms with Crippen molar-refractivity contribution < 1.29 is 23.5 Å². The Morgan fingerprint density at radius 3 is 2.43 bits per heavy atom. The zero-order chi connectivity index (χ0) is 20.3. The Kier molecular flexibility index (Phi) is 5.63. The molecule has 0 radical (unpaired) electrons. The first-order valence-corrected chi connectivity index (χ1v) is 8.79. The molecule has 0 spiro atoms. The van der Waals surface area contributed by atoms with Gasteiger partial charge in [0.25, 0.3) is 11.8 Å². The normalized spacial score (nSPS) is 12.7. The zero-order valence-electron chi connectivity index (χ0n) is 15.9. The highest BCUT2D eigenvalue weighted by Gasteiger charge is 2.26. The molecule has 0 fully saturated rings. The van der Waals surface area contributed by atoms with Crippen LogP contribution >= 0.6 is 0 Å². The minimum absolute atomic E-state index is 0.188. The third-order valence-corrected chi connectivity index (χ3v) is 4.58. The summed E-state index contributed by atoms with van der Waals surface area (Å²) in [7, 11) is 3.05. The molecule has 6 nitrogen and oxygen atoms in total. The molecular formula is C21H21FN2O4. The Hall–Kier alpha value is -3.35. The minimum Gasteiger partial charge on any atom is -0.493 e. The number of benzene rings is 2. The first kappa shape index (κ1) is 19.4. The van der Waals surface area contributed by atoms with E-state index in [1.807, 2.05) is 17.9 Å². The fourth-order valence-electron chi connectivity index (χ4n) is 3.09. The lowest BCUT2D eigenvalue weighted by molar-refractivity contribution is -0.114. The maximum atomic E-state index is 13.8. The number of hydrogen-bond donors (Lipinski definition) is 1. The lowest BCUT2D eigenvalue weighted by atomic mass is 9.95. The quantitative estimate of drug-likeness (QED) is 0.803. The molecule has 1 N–H and O–H groups in total. The number of imide groups is 1. The van der Waals surface area contributed by atoms with Gasteiger partial charge in [0.2, 0.25) is 0 Å². The third kappa shape index (κ3) is 3.69. The highest BCUT2D eigenvalue weighted by molar-refractivity contribution is 6.25. The maximum absolute atomic E-state index is 13.8. The van der Waals surface area contributed by atoms with Gasteiger partial charge in [0.1, 0.15) is 5.82 Å². The second-order valence-corrected chi connectivity index (χ2v) is 6.23. The second kappa shape index (κ2) is 8.12. The van der Waals surface area contributed by atoms with Crippen LogP contribution < -0.4 is 14.8 Å². The van der Waals surface area contributed by atoms with E-state index < -0.39 is 17.6 Å². The van der Waals surface area contributed by atoms with Gasteiger partial charge in [0.15, 0.2) is 11.5 Å². The number of nitrogens with zero attached hydrogens (tertiary/aromatic N) is 1. The Bertz CT molecular complexity index is 955. The van der Waals surface area contributed by atoms with Gasteiger partial charge in [-0.25, -0.2) is 4.39 Å². The van der Waals surface area contributed by atoms with Crippen molar-refractivity contribution in [3.05, 3.63) is 65.1 Å². The van der Waals surface area contributed by atoms with Crippen molar-refractivity contribution in [1.29, 1.82) is 0 Å². The molecule has 0 atom stereocenters. The number of carbonyl (C=O) groups excluding carboxylic acids is 2. The molecule has 0 unspecified atom stereocenters. The summed E-state index contributed by atoms with van der Waals surface area (Å²) in [6.07, 6.45) is 1.69. The Balaban J connectivity index is 1.96. The lowest BCUT2D eigenvalue weighted by Gasteiger charge is -2.28. The molecule has 0 saturated heterocycles. The van der Waals surface area contributed by atoms with Crippen molar-refractivity contribution in [3.63, 3.8) is 0 Å². The predicted molar refractivity (Wildman–Crippen MR) is 102 cm³/mol. The van der Waals surface area contributed by atoms with Crippen LogP contribution in [0.15, 0.2) is 42.6 Å². The summed E-state index contributed by atoms with van der Waals surface area (Å²) < 4.78 is 24.5. The van der Waals surface area contributed by atoms with Crippen molar-refractivity contribution >= 4 is 17.4 Å². The molecule has 1 aliphatic heterocycles. The summed E-state index contributed by atoms with van der Waals surface area (Å²) in [4.78, 5) is 27.1. The van der Waals surface area contributed by atoms with Gasteiger partial charge in [-0.15, -0.1) is 0 Å². The van der Waals surface area contributed by atoms with Crippen LogP contribution in [0, 0.1) is 5.82 Å². The van der Waals surface area contributed by atoms with E-state index in [-0.39, 0.29) is 5.56 Å². The van der Waals surface area contributed by atoms with Crippen LogP contribution in [-0.2, 0) is 11.3 Å². The molecule has 7 heteroatoms. The van der Waals surface area contributed by atoms with Crippen LogP contribution in [0.2, 0.25) is 0 Å². The minimum atomic E-state index is -0.792. The number of carbonyl (C=O) groups is 2. The van der Waals surface area contributed by atoms with Crippen LogP contribution in [-0.4, -0.2) is 37.5 Å². The predicted octanol–water partition coefficient (Wildman–Crippen LogP) is 2.98. The van der Waals surface area contributed by atoms with Crippen LogP contribution in [0.4, 0.5) is 4.39 Å². The number of rotatable bonds is 5. The smallest absolute Gasteiger partial charge is 0.261 e. The van der Waals surface area contributed by atoms with Gasteiger partial charge in [-0.2, -0.15) is 0 Å². The number of halogens is 1. The molecule has 2 aromatic carbocycles. The molecule has 1 heterocycles. The summed E-state index contributed by atoms with van der Waals surface area (Å²) in [6, 6.07) is 9.04. The summed E-state index contributed by atoms with van der Waals surface area (Å²) in [5.74, 6) is -1.06. The van der Waals surface area contributed by atoms with E-state index in [2.05, 4.69) is 5.32 Å². The highest BCUT2D eigenvalue weighted by Crippen LogP contribution is 2.36. The Morgan fingerprint density at radius 2 is 1.79 bits per heavy atom. The fourth-order valence-corrected chi connectivity index (χ4v) is 3.09. The van der Waals surface area contributed by atoms with Crippen molar-refractivity contribution in [2.75, 3.05) is 20.8 Å². The van der Waals surface area contributed by atoms with Crippen molar-refractivity contribution in [3.8, 4) is 11.5 Å². The molecule has 0 saturated carbocycles. The molecule has 2 aromatic rings. The van der Waals surface area contributed by atoms with Crippen LogP contribution in [0.1, 0.15) is 28.4 Å². The van der Waals surface area contributed by atoms with Crippen LogP contribution in [0.25, 0.3) is 5.57 Å². The summed E-state index contributed by atoms with van der Waals surface area (Å²) >= 11 is 0. The monoisotopic (exact) mass is 384 g/mol. The van der Waals surface area contributed by atoms with E-state index in [1.165, 1.54) is 31.4 Å². The van der Waals surface area contributed by atoms with Gasteiger partial charge >= 0.3 is 0 Å². The largest absolute Gasteiger partial charge is 0.493 e. The average molecular weight is 384 g/mol. The van der Waals surface area contributed by atoms with Gasteiger partial charge in [-0.1, -0.05) is 12.1 Å². The second-order valence-electron chi connectivity index (χ2n) is 6.23. The standard InChI is InChI=1S/C21H21FN2O4/c1-4-24-11-13-9-18(27-2)19(28-3)10-15(13)16(12-24)21(26)23-20(25)14-7-5-6-8-17(14)22/h5-10,12H,4,11H2,1-3H3,(H,23,25,26). The van der Waals surface area contributed by atoms with E-state index in [0.717, 1.165) is 5.56 Å². The highest BCUT2D eigenvalue weighted by atomic mass is 19.1. The third-order valence-electron chi connectivity index (χ3n) is 4.58. The van der Waals surface area contributed by atoms with E-state index in [9.17, 15) is 14.0 Å². The van der Waals surface area contributed by atoms with E-state index in [0.29, 0.717) is 35.7 Å². The van der Waals surface area contributed by atoms with Crippen LogP contribution in [0.3, 0.4) is 0 Å². The molecule has 0 aromatic heterocycles. The molecule has 2 amide bonds. The maximum Gasteiger partial charge on any atom is 0.261 e. The summed E-state index contributed by atoms with van der Waals surface area (Å²) in [5.41, 5.74) is 1.62. The number of fused-ring (bicyclic) bond motifs is 1. The molecule has 3 rings (SSSR count). The Morgan fingerprint density at radius 1 is 1.11 bits per heavy atom. The van der Waals surface area contributed by atoms with Gasteiger partial charge in [-0.05, 0) is 42.3 Å². The fraction of sp³-hybridized carbons (Fsp3) is 0.238. The number of hydrogen-bond acceptors (Lipinski definition) is 5. The van der Waals surface area contributed by atoms with Gasteiger partial charge < -0.3 is 14.4 Å². The van der Waals surface area contributed by atoms with E-state index in [4.69, 9.17) is 9.47 Å². The zero-order valence-corrected chi connectivity index (χ0v) is 15.9. The molecular weight excluding hydrogens is 363 g/mol.